The Morgan fingerprint density at radius 3 is 2.20 bits per heavy atom. The predicted molar refractivity (Wildman–Crippen MR) is 67.3 cm³/mol. The molecule has 0 spiro atoms. The summed E-state index contributed by atoms with van der Waals surface area (Å²) in [5.41, 5.74) is 0. The van der Waals surface area contributed by atoms with E-state index in [2.05, 4.69) is 10.6 Å². The predicted octanol–water partition coefficient (Wildman–Crippen LogP) is -1.33. The van der Waals surface area contributed by atoms with Crippen LogP contribution in [-0.2, 0) is 23.9 Å². The van der Waals surface area contributed by atoms with Gasteiger partial charge in [0.15, 0.2) is 6.29 Å². The zero-order chi connectivity index (χ0) is 15.3. The van der Waals surface area contributed by atoms with Crippen molar-refractivity contribution in [3.63, 3.8) is 0 Å². The van der Waals surface area contributed by atoms with Gasteiger partial charge in [-0.3, -0.25) is 14.4 Å². The normalized spacial score (nSPS) is 29.4. The van der Waals surface area contributed by atoms with Crippen molar-refractivity contribution in [3.05, 3.63) is 0 Å². The molecule has 1 heterocycles. The molecule has 8 heteroatoms. The number of rotatable bonds is 4. The van der Waals surface area contributed by atoms with Gasteiger partial charge < -0.3 is 25.2 Å². The van der Waals surface area contributed by atoms with Crippen molar-refractivity contribution in [3.8, 4) is 0 Å². The minimum atomic E-state index is -1.22. The Hall–Kier alpha value is -1.67. The van der Waals surface area contributed by atoms with E-state index in [9.17, 15) is 19.5 Å². The average molecular weight is 288 g/mol. The fourth-order valence-electron chi connectivity index (χ4n) is 2.07. The van der Waals surface area contributed by atoms with E-state index in [1.165, 1.54) is 20.8 Å². The van der Waals surface area contributed by atoms with Crippen molar-refractivity contribution in [2.45, 2.75) is 51.7 Å². The molecule has 8 nitrogen and oxygen atoms in total. The summed E-state index contributed by atoms with van der Waals surface area (Å²) in [6.07, 6.45) is -1.60. The third kappa shape index (κ3) is 5.14. The fraction of sp³-hybridized carbons (Fsp3) is 0.750. The van der Waals surface area contributed by atoms with Crippen molar-refractivity contribution >= 4 is 17.8 Å². The highest BCUT2D eigenvalue weighted by Crippen LogP contribution is 2.19. The molecule has 0 bridgehead atoms. The van der Waals surface area contributed by atoms with Crippen LogP contribution in [-0.4, -0.2) is 54.0 Å². The first-order chi connectivity index (χ1) is 9.29. The lowest BCUT2D eigenvalue weighted by Gasteiger charge is -2.39. The van der Waals surface area contributed by atoms with Gasteiger partial charge in [-0.2, -0.15) is 0 Å². The molecule has 0 aromatic heterocycles. The summed E-state index contributed by atoms with van der Waals surface area (Å²) in [6, 6.07) is -1.09. The average Bonchev–Trinajstić information content (AvgIpc) is 2.29. The van der Waals surface area contributed by atoms with Crippen molar-refractivity contribution in [2.75, 3.05) is 6.61 Å². The van der Waals surface area contributed by atoms with Crippen LogP contribution >= 0.6 is 0 Å². The van der Waals surface area contributed by atoms with Crippen molar-refractivity contribution in [1.82, 2.24) is 10.6 Å². The molecule has 0 aromatic rings. The van der Waals surface area contributed by atoms with E-state index < -0.39 is 30.4 Å². The fourth-order valence-corrected chi connectivity index (χ4v) is 2.07. The van der Waals surface area contributed by atoms with Gasteiger partial charge in [0.1, 0.15) is 12.7 Å². The van der Waals surface area contributed by atoms with Crippen molar-refractivity contribution in [2.24, 2.45) is 0 Å². The van der Waals surface area contributed by atoms with E-state index in [1.807, 2.05) is 0 Å². The van der Waals surface area contributed by atoms with Crippen LogP contribution in [0.5, 0.6) is 0 Å². The number of esters is 1. The molecular formula is C12H20N2O6. The lowest BCUT2D eigenvalue weighted by atomic mass is 9.97. The minimum Gasteiger partial charge on any atom is -0.463 e. The van der Waals surface area contributed by atoms with Gasteiger partial charge in [0.05, 0.1) is 12.1 Å². The summed E-state index contributed by atoms with van der Waals surface area (Å²) in [4.78, 5) is 33.1. The number of carbonyl (C=O) groups is 3. The van der Waals surface area contributed by atoms with Crippen molar-refractivity contribution < 1.29 is 29.0 Å². The Bertz CT molecular complexity index is 386. The second-order valence-corrected chi connectivity index (χ2v) is 4.72. The van der Waals surface area contributed by atoms with E-state index >= 15 is 0 Å². The molecule has 0 radical (unpaired) electrons. The van der Waals surface area contributed by atoms with Gasteiger partial charge in [0.2, 0.25) is 11.8 Å². The zero-order valence-corrected chi connectivity index (χ0v) is 11.7. The molecule has 2 amide bonds. The number of aliphatic hydroxyl groups excluding tert-OH is 1. The van der Waals surface area contributed by atoms with Crippen LogP contribution in [0.1, 0.15) is 27.2 Å². The van der Waals surface area contributed by atoms with Crippen LogP contribution in [0.3, 0.4) is 0 Å². The van der Waals surface area contributed by atoms with Crippen LogP contribution in [0.25, 0.3) is 0 Å². The van der Waals surface area contributed by atoms with E-state index in [4.69, 9.17) is 9.47 Å². The highest BCUT2D eigenvalue weighted by molar-refractivity contribution is 5.74. The lowest BCUT2D eigenvalue weighted by Crippen LogP contribution is -2.59. The highest BCUT2D eigenvalue weighted by atomic mass is 16.6. The molecule has 3 N–H and O–H groups in total. The number of hydrogen-bond acceptors (Lipinski definition) is 6. The van der Waals surface area contributed by atoms with Gasteiger partial charge in [-0.15, -0.1) is 0 Å². The van der Waals surface area contributed by atoms with Crippen molar-refractivity contribution in [1.29, 1.82) is 0 Å². The van der Waals surface area contributed by atoms with Gasteiger partial charge in [0.25, 0.3) is 0 Å². The molecule has 0 saturated carbocycles. The number of ether oxygens (including phenoxy) is 2. The summed E-state index contributed by atoms with van der Waals surface area (Å²) >= 11 is 0. The molecule has 20 heavy (non-hydrogen) atoms. The standard InChI is InChI=1S/C12H20N2O6/c1-6(15)13-9-4-10(14-7(2)16)12(18)20-11(9)5-19-8(3)17/h9-12,18H,4-5H2,1-3H3,(H,13,15)(H,14,16). The number of nitrogens with one attached hydrogen (secondary N) is 2. The summed E-state index contributed by atoms with van der Waals surface area (Å²) in [7, 11) is 0. The molecular weight excluding hydrogens is 268 g/mol. The molecule has 114 valence electrons. The summed E-state index contributed by atoms with van der Waals surface area (Å²) in [6.45, 7) is 3.85. The number of carbonyl (C=O) groups excluding carboxylic acids is 3. The maximum absolute atomic E-state index is 11.2. The Morgan fingerprint density at radius 2 is 1.70 bits per heavy atom. The molecule has 4 unspecified atom stereocenters. The molecule has 1 saturated heterocycles. The second-order valence-electron chi connectivity index (χ2n) is 4.72. The topological polar surface area (TPSA) is 114 Å². The van der Waals surface area contributed by atoms with Gasteiger partial charge in [-0.05, 0) is 6.42 Å². The molecule has 4 atom stereocenters. The summed E-state index contributed by atoms with van der Waals surface area (Å²) in [5.74, 6) is -1.06. The summed E-state index contributed by atoms with van der Waals surface area (Å²) in [5, 5.41) is 15.0. The Labute approximate surface area is 116 Å². The van der Waals surface area contributed by atoms with E-state index in [0.717, 1.165) is 0 Å². The van der Waals surface area contributed by atoms with E-state index in [1.54, 1.807) is 0 Å². The van der Waals surface area contributed by atoms with Crippen LogP contribution in [0, 0.1) is 0 Å². The molecule has 1 fully saturated rings. The smallest absolute Gasteiger partial charge is 0.302 e. The van der Waals surface area contributed by atoms with Crippen LogP contribution in [0.4, 0.5) is 0 Å². The monoisotopic (exact) mass is 288 g/mol. The molecule has 1 aliphatic rings. The van der Waals surface area contributed by atoms with Crippen LogP contribution in [0.2, 0.25) is 0 Å². The lowest BCUT2D eigenvalue weighted by molar-refractivity contribution is -0.203. The van der Waals surface area contributed by atoms with Crippen LogP contribution < -0.4 is 10.6 Å². The first-order valence-electron chi connectivity index (χ1n) is 6.30. The first-order valence-corrected chi connectivity index (χ1v) is 6.30. The van der Waals surface area contributed by atoms with Gasteiger partial charge >= 0.3 is 5.97 Å². The Balaban J connectivity index is 2.70. The van der Waals surface area contributed by atoms with E-state index in [-0.39, 0.29) is 24.8 Å². The number of amides is 2. The molecule has 0 aliphatic carbocycles. The number of hydrogen-bond donors (Lipinski definition) is 3. The minimum absolute atomic E-state index is 0.0792. The maximum atomic E-state index is 11.2. The van der Waals surface area contributed by atoms with Gasteiger partial charge in [0, 0.05) is 20.8 Å². The Kier molecular flexibility index (Phi) is 5.90. The molecule has 0 aromatic carbocycles. The third-order valence-electron chi connectivity index (χ3n) is 2.84. The summed E-state index contributed by atoms with van der Waals surface area (Å²) < 4.78 is 10.2. The quantitative estimate of drug-likeness (QED) is 0.552. The maximum Gasteiger partial charge on any atom is 0.302 e. The first kappa shape index (κ1) is 16.4. The third-order valence-corrected chi connectivity index (χ3v) is 2.84. The largest absolute Gasteiger partial charge is 0.463 e. The Morgan fingerprint density at radius 1 is 1.15 bits per heavy atom. The number of aliphatic hydroxyl groups is 1. The molecule has 1 aliphatic heterocycles. The van der Waals surface area contributed by atoms with E-state index in [0.29, 0.717) is 0 Å². The zero-order valence-electron chi connectivity index (χ0n) is 11.7. The van der Waals surface area contributed by atoms with Crippen LogP contribution in [0.15, 0.2) is 0 Å². The van der Waals surface area contributed by atoms with Gasteiger partial charge in [-0.25, -0.2) is 0 Å². The second kappa shape index (κ2) is 7.20. The van der Waals surface area contributed by atoms with Gasteiger partial charge in [-0.1, -0.05) is 0 Å². The molecule has 1 rings (SSSR count). The SMILES string of the molecule is CC(=O)NC1CC(NC(C)=O)C(COC(C)=O)OC1O. The highest BCUT2D eigenvalue weighted by Gasteiger charge is 2.38.